The van der Waals surface area contributed by atoms with Crippen molar-refractivity contribution in [1.82, 2.24) is 10.1 Å². The standard InChI is InChI=1S/C21H23N3O3/c1-4-15-7-5-6-14(2)20(15)22-18(25)12-13-19-23-21(24-27-19)16-8-10-17(26-3)11-9-16/h5-11H,4,12-13H2,1-3H3,(H,22,25). The minimum absolute atomic E-state index is 0.0665. The normalized spacial score (nSPS) is 10.6. The molecule has 3 rings (SSSR count). The molecule has 1 amide bonds. The Balaban J connectivity index is 1.60. The number of hydrogen-bond acceptors (Lipinski definition) is 5. The molecule has 0 bridgehead atoms. The third-order valence-electron chi connectivity index (χ3n) is 4.39. The maximum absolute atomic E-state index is 12.3. The SMILES string of the molecule is CCc1cccc(C)c1NC(=O)CCc1nc(-c2ccc(OC)cc2)no1. The molecule has 0 unspecified atom stereocenters. The smallest absolute Gasteiger partial charge is 0.227 e. The lowest BCUT2D eigenvalue weighted by Crippen LogP contribution is -2.14. The Morgan fingerprint density at radius 2 is 1.96 bits per heavy atom. The van der Waals surface area contributed by atoms with Crippen LogP contribution in [0.4, 0.5) is 5.69 Å². The van der Waals surface area contributed by atoms with Crippen LogP contribution in [0.5, 0.6) is 5.75 Å². The summed E-state index contributed by atoms with van der Waals surface area (Å²) >= 11 is 0. The van der Waals surface area contributed by atoms with E-state index in [9.17, 15) is 4.79 Å². The topological polar surface area (TPSA) is 77.2 Å². The highest BCUT2D eigenvalue weighted by Gasteiger charge is 2.13. The van der Waals surface area contributed by atoms with Crippen LogP contribution < -0.4 is 10.1 Å². The number of hydrogen-bond donors (Lipinski definition) is 1. The summed E-state index contributed by atoms with van der Waals surface area (Å²) in [6.07, 6.45) is 1.54. The number of para-hydroxylation sites is 1. The van der Waals surface area contributed by atoms with Crippen LogP contribution in [-0.4, -0.2) is 23.2 Å². The monoisotopic (exact) mass is 365 g/mol. The number of amides is 1. The van der Waals surface area contributed by atoms with E-state index in [0.717, 1.165) is 34.5 Å². The zero-order valence-corrected chi connectivity index (χ0v) is 15.8. The van der Waals surface area contributed by atoms with Gasteiger partial charge >= 0.3 is 0 Å². The van der Waals surface area contributed by atoms with E-state index in [1.54, 1.807) is 7.11 Å². The van der Waals surface area contributed by atoms with Crippen LogP contribution in [0.25, 0.3) is 11.4 Å². The Bertz CT molecular complexity index is 917. The molecule has 3 aromatic rings. The van der Waals surface area contributed by atoms with Gasteiger partial charge < -0.3 is 14.6 Å². The molecule has 27 heavy (non-hydrogen) atoms. The number of nitrogens with one attached hydrogen (secondary N) is 1. The molecule has 0 fully saturated rings. The first kappa shape index (κ1) is 18.6. The molecule has 2 aromatic carbocycles. The number of benzene rings is 2. The van der Waals surface area contributed by atoms with Crippen molar-refractivity contribution in [2.75, 3.05) is 12.4 Å². The minimum Gasteiger partial charge on any atom is -0.497 e. The average Bonchev–Trinajstić information content (AvgIpc) is 3.17. The first-order valence-corrected chi connectivity index (χ1v) is 8.96. The van der Waals surface area contributed by atoms with Crippen molar-refractivity contribution in [3.63, 3.8) is 0 Å². The molecular formula is C21H23N3O3. The highest BCUT2D eigenvalue weighted by molar-refractivity contribution is 5.92. The molecule has 6 heteroatoms. The first-order chi connectivity index (χ1) is 13.1. The number of methoxy groups -OCH3 is 1. The molecule has 0 saturated heterocycles. The van der Waals surface area contributed by atoms with Crippen LogP contribution in [0.1, 0.15) is 30.4 Å². The zero-order valence-electron chi connectivity index (χ0n) is 15.8. The summed E-state index contributed by atoms with van der Waals surface area (Å²) in [5.74, 6) is 1.64. The van der Waals surface area contributed by atoms with Crippen molar-refractivity contribution >= 4 is 11.6 Å². The zero-order chi connectivity index (χ0) is 19.2. The van der Waals surface area contributed by atoms with Gasteiger partial charge in [-0.2, -0.15) is 4.98 Å². The fraction of sp³-hybridized carbons (Fsp3) is 0.286. The van der Waals surface area contributed by atoms with Crippen LogP contribution in [0.3, 0.4) is 0 Å². The van der Waals surface area contributed by atoms with Gasteiger partial charge in [0.25, 0.3) is 0 Å². The third kappa shape index (κ3) is 4.53. The number of carbonyl (C=O) groups is 1. The highest BCUT2D eigenvalue weighted by Crippen LogP contribution is 2.22. The van der Waals surface area contributed by atoms with Gasteiger partial charge in [-0.25, -0.2) is 0 Å². The lowest BCUT2D eigenvalue weighted by molar-refractivity contribution is -0.116. The van der Waals surface area contributed by atoms with Gasteiger partial charge in [-0.3, -0.25) is 4.79 Å². The van der Waals surface area contributed by atoms with Crippen molar-refractivity contribution in [3.8, 4) is 17.1 Å². The fourth-order valence-electron chi connectivity index (χ4n) is 2.84. The number of aryl methyl sites for hydroxylation is 3. The lowest BCUT2D eigenvalue weighted by Gasteiger charge is -2.12. The number of aromatic nitrogens is 2. The van der Waals surface area contributed by atoms with E-state index >= 15 is 0 Å². The summed E-state index contributed by atoms with van der Waals surface area (Å²) < 4.78 is 10.4. The van der Waals surface area contributed by atoms with Gasteiger partial charge in [0.15, 0.2) is 0 Å². The maximum Gasteiger partial charge on any atom is 0.227 e. The number of ether oxygens (including phenoxy) is 1. The molecule has 140 valence electrons. The summed E-state index contributed by atoms with van der Waals surface area (Å²) in [7, 11) is 1.62. The molecule has 1 N–H and O–H groups in total. The molecule has 0 saturated carbocycles. The molecule has 0 radical (unpaired) electrons. The lowest BCUT2D eigenvalue weighted by atomic mass is 10.1. The van der Waals surface area contributed by atoms with Crippen LogP contribution in [0, 0.1) is 6.92 Å². The predicted molar refractivity (Wildman–Crippen MR) is 104 cm³/mol. The first-order valence-electron chi connectivity index (χ1n) is 8.96. The number of rotatable bonds is 7. The summed E-state index contributed by atoms with van der Waals surface area (Å²) in [5, 5.41) is 7.00. The van der Waals surface area contributed by atoms with Crippen molar-refractivity contribution < 1.29 is 14.1 Å². The van der Waals surface area contributed by atoms with E-state index in [1.165, 1.54) is 0 Å². The van der Waals surface area contributed by atoms with E-state index in [4.69, 9.17) is 9.26 Å². The maximum atomic E-state index is 12.3. The van der Waals surface area contributed by atoms with Gasteiger partial charge in [-0.05, 0) is 48.7 Å². The van der Waals surface area contributed by atoms with Gasteiger partial charge in [0, 0.05) is 24.1 Å². The third-order valence-corrected chi connectivity index (χ3v) is 4.39. The molecule has 0 aliphatic heterocycles. The Kier molecular flexibility index (Phi) is 5.86. The summed E-state index contributed by atoms with van der Waals surface area (Å²) in [6.45, 7) is 4.07. The Morgan fingerprint density at radius 1 is 1.19 bits per heavy atom. The van der Waals surface area contributed by atoms with Gasteiger partial charge in [0.1, 0.15) is 5.75 Å². The summed E-state index contributed by atoms with van der Waals surface area (Å²) in [5.41, 5.74) is 3.92. The van der Waals surface area contributed by atoms with Gasteiger partial charge in [0.05, 0.1) is 7.11 Å². The highest BCUT2D eigenvalue weighted by atomic mass is 16.5. The Hall–Kier alpha value is -3.15. The molecular weight excluding hydrogens is 342 g/mol. The van der Waals surface area contributed by atoms with Crippen molar-refractivity contribution in [1.29, 1.82) is 0 Å². The van der Waals surface area contributed by atoms with E-state index in [2.05, 4.69) is 22.4 Å². The molecule has 1 heterocycles. The van der Waals surface area contributed by atoms with Crippen LogP contribution in [-0.2, 0) is 17.6 Å². The molecule has 1 aromatic heterocycles. The Morgan fingerprint density at radius 3 is 2.67 bits per heavy atom. The molecule has 0 aliphatic carbocycles. The number of carbonyl (C=O) groups excluding carboxylic acids is 1. The van der Waals surface area contributed by atoms with E-state index < -0.39 is 0 Å². The van der Waals surface area contributed by atoms with E-state index in [-0.39, 0.29) is 12.3 Å². The molecule has 0 atom stereocenters. The van der Waals surface area contributed by atoms with Gasteiger partial charge in [0.2, 0.25) is 17.6 Å². The molecule has 6 nitrogen and oxygen atoms in total. The van der Waals surface area contributed by atoms with Gasteiger partial charge in [-0.15, -0.1) is 0 Å². The summed E-state index contributed by atoms with van der Waals surface area (Å²) in [6, 6.07) is 13.4. The second-order valence-corrected chi connectivity index (χ2v) is 6.25. The number of nitrogens with zero attached hydrogens (tertiary/aromatic N) is 2. The largest absolute Gasteiger partial charge is 0.497 e. The average molecular weight is 365 g/mol. The van der Waals surface area contributed by atoms with Gasteiger partial charge in [-0.1, -0.05) is 30.3 Å². The van der Waals surface area contributed by atoms with Crippen LogP contribution in [0.2, 0.25) is 0 Å². The minimum atomic E-state index is -0.0665. The van der Waals surface area contributed by atoms with Crippen molar-refractivity contribution in [3.05, 3.63) is 59.5 Å². The molecule has 0 aliphatic rings. The predicted octanol–water partition coefficient (Wildman–Crippen LogP) is 4.19. The fourth-order valence-corrected chi connectivity index (χ4v) is 2.84. The van der Waals surface area contributed by atoms with E-state index in [0.29, 0.717) is 18.1 Å². The number of anilines is 1. The molecule has 0 spiro atoms. The quantitative estimate of drug-likeness (QED) is 0.679. The van der Waals surface area contributed by atoms with Crippen molar-refractivity contribution in [2.24, 2.45) is 0 Å². The second kappa shape index (κ2) is 8.49. The van der Waals surface area contributed by atoms with Crippen molar-refractivity contribution in [2.45, 2.75) is 33.1 Å². The van der Waals surface area contributed by atoms with E-state index in [1.807, 2.05) is 49.4 Å². The second-order valence-electron chi connectivity index (χ2n) is 6.25. The van der Waals surface area contributed by atoms with Crippen LogP contribution in [0.15, 0.2) is 47.0 Å². The Labute approximate surface area is 158 Å². The summed E-state index contributed by atoms with van der Waals surface area (Å²) in [4.78, 5) is 16.7. The van der Waals surface area contributed by atoms with Crippen LogP contribution >= 0.6 is 0 Å².